The average Bonchev–Trinajstić information content (AvgIpc) is 2.80. The highest BCUT2D eigenvalue weighted by molar-refractivity contribution is 6.04. The van der Waals surface area contributed by atoms with E-state index in [2.05, 4.69) is 4.98 Å². The topological polar surface area (TPSA) is 32.9 Å². The molecule has 21 heavy (non-hydrogen) atoms. The van der Waals surface area contributed by atoms with Gasteiger partial charge in [-0.3, -0.25) is 4.79 Å². The molecule has 2 nitrogen and oxygen atoms in total. The van der Waals surface area contributed by atoms with Crippen LogP contribution in [0.5, 0.6) is 0 Å². The van der Waals surface area contributed by atoms with E-state index in [0.717, 1.165) is 6.07 Å². The van der Waals surface area contributed by atoms with E-state index < -0.39 is 17.5 Å². The van der Waals surface area contributed by atoms with E-state index in [1.807, 2.05) is 0 Å². The zero-order chi connectivity index (χ0) is 15.1. The number of aromatic nitrogens is 1. The number of aromatic amines is 1. The van der Waals surface area contributed by atoms with Crippen molar-refractivity contribution in [3.63, 3.8) is 0 Å². The fourth-order valence-electron chi connectivity index (χ4n) is 2.44. The number of aldehydes is 1. The number of hydrogen-bond acceptors (Lipinski definition) is 1. The number of hydrogen-bond donors (Lipinski definition) is 1. The second kappa shape index (κ2) is 4.77. The summed E-state index contributed by atoms with van der Waals surface area (Å²) in [5.41, 5.74) is 0.804. The van der Waals surface area contributed by atoms with E-state index in [1.54, 1.807) is 13.0 Å². The zero-order valence-corrected chi connectivity index (χ0v) is 11.0. The molecule has 0 bridgehead atoms. The number of benzene rings is 2. The molecule has 3 rings (SSSR count). The molecule has 0 aliphatic heterocycles. The Hall–Kier alpha value is -2.56. The summed E-state index contributed by atoms with van der Waals surface area (Å²) in [6.07, 6.45) is 0.511. The van der Waals surface area contributed by atoms with Gasteiger partial charge in [-0.2, -0.15) is 0 Å². The molecule has 0 fully saturated rings. The summed E-state index contributed by atoms with van der Waals surface area (Å²) in [4.78, 5) is 14.0. The Bertz CT molecular complexity index is 868. The summed E-state index contributed by atoms with van der Waals surface area (Å²) in [5, 5.41) is 0.348. The number of nitrogens with one attached hydrogen (secondary N) is 1. The minimum atomic E-state index is -1.08. The summed E-state index contributed by atoms with van der Waals surface area (Å²) < 4.78 is 41.2. The Morgan fingerprint density at radius 1 is 1.10 bits per heavy atom. The van der Waals surface area contributed by atoms with Gasteiger partial charge in [0.1, 0.15) is 5.82 Å². The van der Waals surface area contributed by atoms with Crippen molar-refractivity contribution in [3.05, 3.63) is 58.9 Å². The molecule has 0 saturated heterocycles. The van der Waals surface area contributed by atoms with E-state index in [-0.39, 0.29) is 22.3 Å². The summed E-state index contributed by atoms with van der Waals surface area (Å²) in [6.45, 7) is 1.69. The van der Waals surface area contributed by atoms with Crippen LogP contribution in [0.15, 0.2) is 30.3 Å². The van der Waals surface area contributed by atoms with Gasteiger partial charge in [0.15, 0.2) is 17.9 Å². The van der Waals surface area contributed by atoms with Crippen LogP contribution in [0.2, 0.25) is 0 Å². The fourth-order valence-corrected chi connectivity index (χ4v) is 2.44. The maximum absolute atomic E-state index is 14.0. The van der Waals surface area contributed by atoms with E-state index in [1.165, 1.54) is 18.2 Å². The molecular formula is C16H10F3NO. The number of carbonyl (C=O) groups is 1. The Labute approximate surface area is 118 Å². The van der Waals surface area contributed by atoms with Gasteiger partial charge in [0, 0.05) is 16.5 Å². The smallest absolute Gasteiger partial charge is 0.168 e. The molecule has 106 valence electrons. The van der Waals surface area contributed by atoms with E-state index in [4.69, 9.17) is 0 Å². The minimum absolute atomic E-state index is 0.0708. The lowest BCUT2D eigenvalue weighted by atomic mass is 10.0. The molecule has 0 aliphatic carbocycles. The Morgan fingerprint density at radius 3 is 2.57 bits per heavy atom. The zero-order valence-electron chi connectivity index (χ0n) is 11.0. The van der Waals surface area contributed by atoms with Crippen LogP contribution in [0.1, 0.15) is 15.9 Å². The molecule has 0 amide bonds. The number of aryl methyl sites for hydroxylation is 1. The number of fused-ring (bicyclic) bond motifs is 1. The molecule has 0 unspecified atom stereocenters. The second-order valence-electron chi connectivity index (χ2n) is 4.80. The maximum Gasteiger partial charge on any atom is 0.168 e. The van der Waals surface area contributed by atoms with E-state index in [0.29, 0.717) is 17.2 Å². The first-order valence-electron chi connectivity index (χ1n) is 6.24. The number of carbonyl (C=O) groups excluding carboxylic acids is 1. The highest BCUT2D eigenvalue weighted by Crippen LogP contribution is 2.33. The van der Waals surface area contributed by atoms with Crippen molar-refractivity contribution in [2.24, 2.45) is 0 Å². The summed E-state index contributed by atoms with van der Waals surface area (Å²) >= 11 is 0. The highest BCUT2D eigenvalue weighted by Gasteiger charge is 2.19. The summed E-state index contributed by atoms with van der Waals surface area (Å²) in [7, 11) is 0. The first-order chi connectivity index (χ1) is 10.0. The quantitative estimate of drug-likeness (QED) is 0.698. The van der Waals surface area contributed by atoms with Gasteiger partial charge in [0.05, 0.1) is 11.2 Å². The van der Waals surface area contributed by atoms with Crippen LogP contribution in [0.3, 0.4) is 0 Å². The minimum Gasteiger partial charge on any atom is -0.351 e. The number of H-pyrrole nitrogens is 1. The van der Waals surface area contributed by atoms with Crippen LogP contribution in [-0.4, -0.2) is 11.3 Å². The first-order valence-corrected chi connectivity index (χ1v) is 6.24. The normalized spacial score (nSPS) is 11.0. The average molecular weight is 289 g/mol. The van der Waals surface area contributed by atoms with E-state index >= 15 is 0 Å². The van der Waals surface area contributed by atoms with Crippen molar-refractivity contribution in [2.75, 3.05) is 0 Å². The van der Waals surface area contributed by atoms with Crippen molar-refractivity contribution in [2.45, 2.75) is 6.92 Å². The maximum atomic E-state index is 14.0. The standard InChI is InChI=1S/C16H10F3NO/c1-8-5-10-11(7-21)15(20-16(10)13(18)6-8)9-3-2-4-12(17)14(9)19/h2-7,20H,1H3. The Balaban J connectivity index is 2.40. The van der Waals surface area contributed by atoms with Gasteiger partial charge in [0.25, 0.3) is 0 Å². The predicted molar refractivity (Wildman–Crippen MR) is 73.7 cm³/mol. The summed E-state index contributed by atoms with van der Waals surface area (Å²) in [6, 6.07) is 6.57. The molecule has 0 saturated carbocycles. The monoisotopic (exact) mass is 289 g/mol. The SMILES string of the molecule is Cc1cc(F)c2[nH]c(-c3cccc(F)c3F)c(C=O)c2c1. The van der Waals surface area contributed by atoms with Crippen molar-refractivity contribution in [3.8, 4) is 11.3 Å². The third kappa shape index (κ3) is 2.01. The highest BCUT2D eigenvalue weighted by atomic mass is 19.2. The van der Waals surface area contributed by atoms with Gasteiger partial charge in [-0.1, -0.05) is 6.07 Å². The molecule has 5 heteroatoms. The largest absolute Gasteiger partial charge is 0.351 e. The van der Waals surface area contributed by atoms with E-state index in [9.17, 15) is 18.0 Å². The van der Waals surface area contributed by atoms with Crippen molar-refractivity contribution >= 4 is 17.2 Å². The van der Waals surface area contributed by atoms with Crippen LogP contribution in [0.25, 0.3) is 22.2 Å². The van der Waals surface area contributed by atoms with Gasteiger partial charge in [0.2, 0.25) is 0 Å². The molecule has 0 radical (unpaired) electrons. The van der Waals surface area contributed by atoms with Gasteiger partial charge >= 0.3 is 0 Å². The molecule has 1 aromatic heterocycles. The molecule has 2 aromatic carbocycles. The predicted octanol–water partition coefficient (Wildman–Crippen LogP) is 4.37. The van der Waals surface area contributed by atoms with Gasteiger partial charge in [-0.25, -0.2) is 13.2 Å². The van der Waals surface area contributed by atoms with Crippen LogP contribution in [0, 0.1) is 24.4 Å². The lowest BCUT2D eigenvalue weighted by Gasteiger charge is -2.02. The van der Waals surface area contributed by atoms with Crippen LogP contribution >= 0.6 is 0 Å². The van der Waals surface area contributed by atoms with Crippen molar-refractivity contribution in [1.82, 2.24) is 4.98 Å². The van der Waals surface area contributed by atoms with Crippen molar-refractivity contribution < 1.29 is 18.0 Å². The third-order valence-electron chi connectivity index (χ3n) is 3.38. The third-order valence-corrected chi connectivity index (χ3v) is 3.38. The lowest BCUT2D eigenvalue weighted by molar-refractivity contribution is 0.112. The molecule has 0 atom stereocenters. The lowest BCUT2D eigenvalue weighted by Crippen LogP contribution is -1.92. The molecular weight excluding hydrogens is 279 g/mol. The Kier molecular flexibility index (Phi) is 3.05. The van der Waals surface area contributed by atoms with Gasteiger partial charge in [-0.05, 0) is 36.8 Å². The van der Waals surface area contributed by atoms with Gasteiger partial charge < -0.3 is 4.98 Å². The number of rotatable bonds is 2. The first kappa shape index (κ1) is 13.4. The molecule has 1 heterocycles. The van der Waals surface area contributed by atoms with Crippen molar-refractivity contribution in [1.29, 1.82) is 0 Å². The van der Waals surface area contributed by atoms with Crippen LogP contribution in [0.4, 0.5) is 13.2 Å². The molecule has 0 spiro atoms. The van der Waals surface area contributed by atoms with Crippen LogP contribution < -0.4 is 0 Å². The summed E-state index contributed by atoms with van der Waals surface area (Å²) in [5.74, 6) is -2.65. The van der Waals surface area contributed by atoms with Gasteiger partial charge in [-0.15, -0.1) is 0 Å². The molecule has 1 N–H and O–H groups in total. The molecule has 3 aromatic rings. The number of halogens is 3. The molecule has 0 aliphatic rings. The van der Waals surface area contributed by atoms with Crippen LogP contribution in [-0.2, 0) is 0 Å². The Morgan fingerprint density at radius 2 is 1.86 bits per heavy atom. The second-order valence-corrected chi connectivity index (χ2v) is 4.80. The fraction of sp³-hybridized carbons (Fsp3) is 0.0625.